The lowest BCUT2D eigenvalue weighted by Crippen LogP contribution is -2.66. The molecule has 0 aliphatic carbocycles. The summed E-state index contributed by atoms with van der Waals surface area (Å²) < 4.78 is 12.1. The van der Waals surface area contributed by atoms with Gasteiger partial charge in [-0.1, -0.05) is 105 Å². The third kappa shape index (κ3) is 7.64. The van der Waals surface area contributed by atoms with Crippen LogP contribution in [-0.2, 0) is 22.0 Å². The minimum absolute atomic E-state index is 0.102. The van der Waals surface area contributed by atoms with Gasteiger partial charge in [-0.25, -0.2) is 9.78 Å². The molecule has 43 heavy (non-hydrogen) atoms. The van der Waals surface area contributed by atoms with E-state index in [0.29, 0.717) is 47.1 Å². The largest absolute Gasteiger partial charge is 0.464 e. The summed E-state index contributed by atoms with van der Waals surface area (Å²) in [4.78, 5) is 18.0. The molecule has 2 heterocycles. The molecular formula is C32H38Cl2N4O3SSi. The molecule has 2 aromatic heterocycles. The van der Waals surface area contributed by atoms with Gasteiger partial charge in [-0.2, -0.15) is 0 Å². The molecule has 0 amide bonds. The van der Waals surface area contributed by atoms with E-state index in [9.17, 15) is 4.79 Å². The standard InChI is InChI=1S/C32H38Cl2N4O3SSi/c1-22-25(29(34)38-37-28(22)33)18-12-20-35-31-36-27(30(39)40-5)26(42-31)19-13-21-41-43(32(2,3)4,23-14-8-6-9-15-23)24-16-10-7-11-17-24/h6-11,14-17H,12-13,18-21H2,1-5H3,(H,35,36). The van der Waals surface area contributed by atoms with Crippen molar-refractivity contribution in [1.29, 1.82) is 0 Å². The number of benzene rings is 2. The summed E-state index contributed by atoms with van der Waals surface area (Å²) in [6.45, 7) is 9.89. The number of ether oxygens (including phenoxy) is 1. The Labute approximate surface area is 269 Å². The quantitative estimate of drug-likeness (QED) is 0.0953. The highest BCUT2D eigenvalue weighted by molar-refractivity contribution is 7.15. The maximum Gasteiger partial charge on any atom is 0.357 e. The fourth-order valence-electron chi connectivity index (χ4n) is 5.33. The molecule has 1 N–H and O–H groups in total. The van der Waals surface area contributed by atoms with Crippen molar-refractivity contribution in [2.24, 2.45) is 0 Å². The van der Waals surface area contributed by atoms with Gasteiger partial charge in [0, 0.05) is 18.0 Å². The number of carbonyl (C=O) groups excluding carboxylic acids is 1. The van der Waals surface area contributed by atoms with Crippen molar-refractivity contribution in [2.75, 3.05) is 25.6 Å². The number of aromatic nitrogens is 3. The number of carbonyl (C=O) groups is 1. The highest BCUT2D eigenvalue weighted by Gasteiger charge is 2.49. The number of thiazole rings is 1. The van der Waals surface area contributed by atoms with Crippen LogP contribution < -0.4 is 15.7 Å². The Hall–Kier alpha value is -2.82. The second-order valence-electron chi connectivity index (χ2n) is 11.3. The van der Waals surface area contributed by atoms with Crippen molar-refractivity contribution in [3.8, 4) is 0 Å². The van der Waals surface area contributed by atoms with E-state index in [0.717, 1.165) is 28.8 Å². The van der Waals surface area contributed by atoms with Crippen LogP contribution in [0.4, 0.5) is 5.13 Å². The summed E-state index contributed by atoms with van der Waals surface area (Å²) in [7, 11) is -1.25. The lowest BCUT2D eigenvalue weighted by molar-refractivity contribution is 0.0593. The topological polar surface area (TPSA) is 86.2 Å². The highest BCUT2D eigenvalue weighted by atomic mass is 35.5. The molecule has 4 aromatic rings. The molecule has 0 aliphatic rings. The fraction of sp³-hybridized carbons (Fsp3) is 0.375. The molecule has 0 bridgehead atoms. The molecule has 0 aliphatic heterocycles. The first-order valence-electron chi connectivity index (χ1n) is 14.3. The number of anilines is 1. The first-order chi connectivity index (χ1) is 20.6. The second kappa shape index (κ2) is 14.8. The predicted octanol–water partition coefficient (Wildman–Crippen LogP) is 6.89. The smallest absolute Gasteiger partial charge is 0.357 e. The zero-order chi connectivity index (χ0) is 31.0. The van der Waals surface area contributed by atoms with Crippen LogP contribution in [0.15, 0.2) is 60.7 Å². The molecule has 0 unspecified atom stereocenters. The summed E-state index contributed by atoms with van der Waals surface area (Å²) in [6.07, 6.45) is 2.85. The molecular weight excluding hydrogens is 619 g/mol. The summed E-state index contributed by atoms with van der Waals surface area (Å²) in [5, 5.41) is 14.9. The van der Waals surface area contributed by atoms with Crippen molar-refractivity contribution in [3.63, 3.8) is 0 Å². The van der Waals surface area contributed by atoms with Gasteiger partial charge in [-0.05, 0) is 59.1 Å². The lowest BCUT2D eigenvalue weighted by atomic mass is 10.1. The van der Waals surface area contributed by atoms with Gasteiger partial charge in [-0.3, -0.25) is 0 Å². The zero-order valence-electron chi connectivity index (χ0n) is 25.2. The molecule has 0 spiro atoms. The van der Waals surface area contributed by atoms with Crippen LogP contribution in [0.5, 0.6) is 0 Å². The molecule has 228 valence electrons. The first kappa shape index (κ1) is 33.1. The van der Waals surface area contributed by atoms with Crippen LogP contribution in [0, 0.1) is 6.92 Å². The minimum atomic E-state index is -2.63. The average Bonchev–Trinajstić information content (AvgIpc) is 3.41. The number of halogens is 2. The third-order valence-corrected chi connectivity index (χ3v) is 14.3. The molecule has 7 nitrogen and oxygen atoms in total. The average molecular weight is 658 g/mol. The van der Waals surface area contributed by atoms with Gasteiger partial charge in [0.05, 0.1) is 7.11 Å². The van der Waals surface area contributed by atoms with E-state index in [1.54, 1.807) is 0 Å². The van der Waals surface area contributed by atoms with Crippen molar-refractivity contribution in [1.82, 2.24) is 15.2 Å². The highest BCUT2D eigenvalue weighted by Crippen LogP contribution is 2.37. The first-order valence-corrected chi connectivity index (χ1v) is 17.8. The fourth-order valence-corrected chi connectivity index (χ4v) is 11.4. The number of nitrogens with zero attached hydrogens (tertiary/aromatic N) is 3. The number of hydrogen-bond donors (Lipinski definition) is 1. The Morgan fingerprint density at radius 3 is 2.12 bits per heavy atom. The van der Waals surface area contributed by atoms with E-state index >= 15 is 0 Å². The van der Waals surface area contributed by atoms with E-state index in [-0.39, 0.29) is 5.04 Å². The van der Waals surface area contributed by atoms with Crippen LogP contribution in [-0.4, -0.2) is 49.7 Å². The lowest BCUT2D eigenvalue weighted by Gasteiger charge is -2.43. The van der Waals surface area contributed by atoms with Crippen LogP contribution in [0.2, 0.25) is 15.3 Å². The van der Waals surface area contributed by atoms with Gasteiger partial charge >= 0.3 is 5.97 Å². The molecule has 2 aromatic carbocycles. The van der Waals surface area contributed by atoms with Crippen molar-refractivity contribution >= 4 is 64.3 Å². The monoisotopic (exact) mass is 656 g/mol. The van der Waals surface area contributed by atoms with Crippen molar-refractivity contribution in [2.45, 2.75) is 58.4 Å². The SMILES string of the molecule is COC(=O)c1nc(NCCCc2c(Cl)nnc(Cl)c2C)sc1CCCO[Si](c1ccccc1)(c1ccccc1)C(C)(C)C. The molecule has 4 rings (SSSR count). The Morgan fingerprint density at radius 1 is 0.930 bits per heavy atom. The third-order valence-electron chi connectivity index (χ3n) is 7.48. The number of esters is 1. The molecule has 0 radical (unpaired) electrons. The van der Waals surface area contributed by atoms with E-state index in [1.165, 1.54) is 28.8 Å². The van der Waals surface area contributed by atoms with Gasteiger partial charge in [0.2, 0.25) is 0 Å². The van der Waals surface area contributed by atoms with Gasteiger partial charge < -0.3 is 14.5 Å². The number of nitrogens with one attached hydrogen (secondary N) is 1. The summed E-state index contributed by atoms with van der Waals surface area (Å²) in [5.41, 5.74) is 2.08. The van der Waals surface area contributed by atoms with E-state index < -0.39 is 14.3 Å². The van der Waals surface area contributed by atoms with E-state index in [1.807, 2.05) is 19.1 Å². The molecule has 0 saturated heterocycles. The second-order valence-corrected chi connectivity index (χ2v) is 17.4. The summed E-state index contributed by atoms with van der Waals surface area (Å²) >= 11 is 13.8. The maximum atomic E-state index is 12.6. The van der Waals surface area contributed by atoms with E-state index in [4.69, 9.17) is 32.4 Å². The number of hydrogen-bond acceptors (Lipinski definition) is 8. The molecule has 0 atom stereocenters. The van der Waals surface area contributed by atoms with Gasteiger partial charge in [0.25, 0.3) is 8.32 Å². The Morgan fingerprint density at radius 2 is 1.53 bits per heavy atom. The van der Waals surface area contributed by atoms with Gasteiger partial charge in [0.15, 0.2) is 21.1 Å². The van der Waals surface area contributed by atoms with Gasteiger partial charge in [0.1, 0.15) is 0 Å². The number of rotatable bonds is 13. The molecule has 11 heteroatoms. The van der Waals surface area contributed by atoms with Crippen LogP contribution in [0.25, 0.3) is 0 Å². The summed E-state index contributed by atoms with van der Waals surface area (Å²) in [5.74, 6) is -0.438. The Bertz CT molecular complexity index is 1480. The zero-order valence-corrected chi connectivity index (χ0v) is 28.6. The normalized spacial score (nSPS) is 11.9. The molecule has 0 fully saturated rings. The number of aryl methyl sites for hydroxylation is 1. The van der Waals surface area contributed by atoms with Crippen LogP contribution in [0.1, 0.15) is 60.1 Å². The van der Waals surface area contributed by atoms with Crippen LogP contribution in [0.3, 0.4) is 0 Å². The Kier molecular flexibility index (Phi) is 11.4. The number of methoxy groups -OCH3 is 1. The van der Waals surface area contributed by atoms with Gasteiger partial charge in [-0.15, -0.1) is 21.5 Å². The van der Waals surface area contributed by atoms with Crippen molar-refractivity contribution in [3.05, 3.63) is 92.7 Å². The summed E-state index contributed by atoms with van der Waals surface area (Å²) in [6, 6.07) is 21.2. The maximum absolute atomic E-state index is 12.6. The Balaban J connectivity index is 1.45. The molecule has 0 saturated carbocycles. The predicted molar refractivity (Wildman–Crippen MR) is 179 cm³/mol. The van der Waals surface area contributed by atoms with Crippen molar-refractivity contribution < 1.29 is 14.0 Å². The minimum Gasteiger partial charge on any atom is -0.464 e. The van der Waals surface area contributed by atoms with Crippen LogP contribution >= 0.6 is 34.5 Å². The van der Waals surface area contributed by atoms with E-state index in [2.05, 4.69) is 89.8 Å².